The van der Waals surface area contributed by atoms with Crippen LogP contribution in [0.5, 0.6) is 11.5 Å². The third-order valence-corrected chi connectivity index (χ3v) is 5.83. The summed E-state index contributed by atoms with van der Waals surface area (Å²) in [6.07, 6.45) is -4.94. The minimum Gasteiger partial charge on any atom is -0.506 e. The molecule has 0 bridgehead atoms. The summed E-state index contributed by atoms with van der Waals surface area (Å²) in [5.41, 5.74) is 0.605. The summed E-state index contributed by atoms with van der Waals surface area (Å²) in [7, 11) is 0. The van der Waals surface area contributed by atoms with Crippen molar-refractivity contribution in [3.05, 3.63) is 82.4 Å². The lowest BCUT2D eigenvalue weighted by Crippen LogP contribution is -2.25. The fourth-order valence-electron chi connectivity index (χ4n) is 4.07. The summed E-state index contributed by atoms with van der Waals surface area (Å²) in [4.78, 5) is 23.8. The Bertz CT molecular complexity index is 1350. The number of phenolic OH excluding ortho intramolecular Hbond substituents is 1. The third-order valence-electron chi connectivity index (χ3n) is 5.83. The molecule has 39 heavy (non-hydrogen) atoms. The molecule has 3 rings (SSSR count). The molecule has 0 fully saturated rings. The molecule has 0 aromatic heterocycles. The van der Waals surface area contributed by atoms with Gasteiger partial charge >= 0.3 is 18.1 Å². The lowest BCUT2D eigenvalue weighted by molar-refractivity contribution is -0.139. The molecule has 0 aliphatic carbocycles. The van der Waals surface area contributed by atoms with E-state index in [2.05, 4.69) is 0 Å². The molecule has 0 heterocycles. The van der Waals surface area contributed by atoms with Crippen LogP contribution in [0.2, 0.25) is 0 Å². The first-order chi connectivity index (χ1) is 18.1. The predicted octanol–water partition coefficient (Wildman–Crippen LogP) is 7.36. The molecule has 0 saturated heterocycles. The SMILES string of the molecule is CC(C)c1cc(CC(=O)O)ccc1-c1ccc(OCc2ccc(C(F)(F)F)c(O)c2C(=O)OC(C)(C)C)cc1. The van der Waals surface area contributed by atoms with E-state index in [-0.39, 0.29) is 24.5 Å². The lowest BCUT2D eigenvalue weighted by atomic mass is 9.90. The van der Waals surface area contributed by atoms with E-state index >= 15 is 0 Å². The van der Waals surface area contributed by atoms with Crippen molar-refractivity contribution in [2.45, 2.75) is 65.3 Å². The Morgan fingerprint density at radius 1 is 0.949 bits per heavy atom. The van der Waals surface area contributed by atoms with Crippen LogP contribution in [0.15, 0.2) is 54.6 Å². The number of alkyl halides is 3. The van der Waals surface area contributed by atoms with Gasteiger partial charge in [-0.1, -0.05) is 50.2 Å². The van der Waals surface area contributed by atoms with E-state index in [1.807, 2.05) is 38.1 Å². The normalized spacial score (nSPS) is 11.9. The predicted molar refractivity (Wildman–Crippen MR) is 140 cm³/mol. The number of phenols is 1. The number of aromatic hydroxyl groups is 1. The van der Waals surface area contributed by atoms with Gasteiger partial charge in [-0.15, -0.1) is 0 Å². The Labute approximate surface area is 225 Å². The van der Waals surface area contributed by atoms with Crippen molar-refractivity contribution in [3.63, 3.8) is 0 Å². The standard InChI is InChI=1S/C30H31F3O6/c1-17(2)23-14-18(15-25(34)35)6-12-22(23)19-7-10-21(11-8-19)38-16-20-9-13-24(30(31,32)33)27(36)26(20)28(37)39-29(3,4)5/h6-14,17,36H,15-16H2,1-5H3,(H,34,35). The average Bonchev–Trinajstić information content (AvgIpc) is 2.80. The number of halogens is 3. The van der Waals surface area contributed by atoms with E-state index in [4.69, 9.17) is 14.6 Å². The largest absolute Gasteiger partial charge is 0.506 e. The first-order valence-corrected chi connectivity index (χ1v) is 12.3. The van der Waals surface area contributed by atoms with Crippen LogP contribution >= 0.6 is 0 Å². The van der Waals surface area contributed by atoms with Gasteiger partial charge in [0, 0.05) is 5.56 Å². The molecule has 0 amide bonds. The van der Waals surface area contributed by atoms with E-state index in [0.717, 1.165) is 22.8 Å². The zero-order valence-corrected chi connectivity index (χ0v) is 22.3. The molecular weight excluding hydrogens is 513 g/mol. The van der Waals surface area contributed by atoms with Crippen molar-refractivity contribution in [2.24, 2.45) is 0 Å². The monoisotopic (exact) mass is 544 g/mol. The highest BCUT2D eigenvalue weighted by Crippen LogP contribution is 2.40. The van der Waals surface area contributed by atoms with Gasteiger partial charge in [0.2, 0.25) is 0 Å². The highest BCUT2D eigenvalue weighted by Gasteiger charge is 2.37. The number of ether oxygens (including phenoxy) is 2. The number of carboxylic acid groups (broad SMARTS) is 1. The van der Waals surface area contributed by atoms with Gasteiger partial charge in [-0.3, -0.25) is 4.79 Å². The van der Waals surface area contributed by atoms with Gasteiger partial charge in [-0.25, -0.2) is 4.79 Å². The fourth-order valence-corrected chi connectivity index (χ4v) is 4.07. The van der Waals surface area contributed by atoms with Gasteiger partial charge < -0.3 is 19.7 Å². The summed E-state index contributed by atoms with van der Waals surface area (Å²) >= 11 is 0. The minimum absolute atomic E-state index is 0.0370. The summed E-state index contributed by atoms with van der Waals surface area (Å²) in [6.45, 7) is 8.44. The topological polar surface area (TPSA) is 93.1 Å². The second kappa shape index (κ2) is 11.4. The average molecular weight is 545 g/mol. The van der Waals surface area contributed by atoms with Crippen LogP contribution in [0.4, 0.5) is 13.2 Å². The van der Waals surface area contributed by atoms with Crippen molar-refractivity contribution in [1.82, 2.24) is 0 Å². The van der Waals surface area contributed by atoms with Crippen LogP contribution in [0.3, 0.4) is 0 Å². The number of carbonyl (C=O) groups is 2. The number of aliphatic carboxylic acids is 1. The zero-order valence-electron chi connectivity index (χ0n) is 22.3. The number of carboxylic acids is 1. The molecule has 6 nitrogen and oxygen atoms in total. The summed E-state index contributed by atoms with van der Waals surface area (Å²) in [5.74, 6) is -2.67. The van der Waals surface area contributed by atoms with E-state index in [1.165, 1.54) is 0 Å². The molecule has 0 atom stereocenters. The van der Waals surface area contributed by atoms with Gasteiger partial charge in [-0.05, 0) is 67.1 Å². The van der Waals surface area contributed by atoms with Crippen LogP contribution in [0.1, 0.15) is 73.1 Å². The Hall–Kier alpha value is -4.01. The van der Waals surface area contributed by atoms with E-state index in [1.54, 1.807) is 39.0 Å². The van der Waals surface area contributed by atoms with E-state index < -0.39 is 40.6 Å². The number of rotatable bonds is 8. The summed E-state index contributed by atoms with van der Waals surface area (Å²) in [5, 5.41) is 19.5. The third kappa shape index (κ3) is 7.52. The first kappa shape index (κ1) is 29.5. The van der Waals surface area contributed by atoms with Gasteiger partial charge in [0.25, 0.3) is 0 Å². The van der Waals surface area contributed by atoms with Gasteiger partial charge in [0.05, 0.1) is 12.0 Å². The second-order valence-corrected chi connectivity index (χ2v) is 10.5. The number of hydrogen-bond donors (Lipinski definition) is 2. The van der Waals surface area contributed by atoms with Crippen molar-refractivity contribution >= 4 is 11.9 Å². The van der Waals surface area contributed by atoms with Crippen LogP contribution in [-0.4, -0.2) is 27.8 Å². The summed E-state index contributed by atoms with van der Waals surface area (Å²) in [6, 6.07) is 14.3. The molecule has 208 valence electrons. The Balaban J connectivity index is 1.88. The zero-order chi connectivity index (χ0) is 29.1. The number of hydrogen-bond acceptors (Lipinski definition) is 5. The molecule has 2 N–H and O–H groups in total. The van der Waals surface area contributed by atoms with Crippen LogP contribution in [0, 0.1) is 0 Å². The molecule has 3 aromatic rings. The number of benzene rings is 3. The van der Waals surface area contributed by atoms with Crippen LogP contribution in [-0.2, 0) is 28.7 Å². The molecular formula is C30H31F3O6. The molecule has 0 aliphatic rings. The quantitative estimate of drug-likeness (QED) is 0.288. The second-order valence-electron chi connectivity index (χ2n) is 10.5. The Morgan fingerprint density at radius 2 is 1.59 bits per heavy atom. The van der Waals surface area contributed by atoms with Crippen molar-refractivity contribution < 1.29 is 42.4 Å². The van der Waals surface area contributed by atoms with Gasteiger partial charge in [0.15, 0.2) is 0 Å². The minimum atomic E-state index is -4.86. The van der Waals surface area contributed by atoms with Crippen molar-refractivity contribution in [2.75, 3.05) is 0 Å². The molecule has 0 radical (unpaired) electrons. The summed E-state index contributed by atoms with van der Waals surface area (Å²) < 4.78 is 51.1. The Morgan fingerprint density at radius 3 is 2.13 bits per heavy atom. The maximum absolute atomic E-state index is 13.4. The first-order valence-electron chi connectivity index (χ1n) is 12.3. The molecule has 0 unspecified atom stereocenters. The van der Waals surface area contributed by atoms with Crippen LogP contribution in [0.25, 0.3) is 11.1 Å². The van der Waals surface area contributed by atoms with E-state index in [9.17, 15) is 27.9 Å². The number of esters is 1. The molecule has 0 aliphatic heterocycles. The molecule has 3 aromatic carbocycles. The highest BCUT2D eigenvalue weighted by molar-refractivity contribution is 5.95. The maximum atomic E-state index is 13.4. The fraction of sp³-hybridized carbons (Fsp3) is 0.333. The number of carbonyl (C=O) groups excluding carboxylic acids is 1. The highest BCUT2D eigenvalue weighted by atomic mass is 19.4. The van der Waals surface area contributed by atoms with Crippen molar-refractivity contribution in [3.8, 4) is 22.6 Å². The van der Waals surface area contributed by atoms with Gasteiger partial charge in [0.1, 0.15) is 29.3 Å². The van der Waals surface area contributed by atoms with Crippen LogP contribution < -0.4 is 4.74 Å². The molecule has 0 spiro atoms. The molecule has 0 saturated carbocycles. The smallest absolute Gasteiger partial charge is 0.419 e. The van der Waals surface area contributed by atoms with Crippen molar-refractivity contribution in [1.29, 1.82) is 0 Å². The van der Waals surface area contributed by atoms with E-state index in [0.29, 0.717) is 17.4 Å². The Kier molecular flexibility index (Phi) is 8.63. The molecule has 9 heteroatoms. The maximum Gasteiger partial charge on any atom is 0.419 e. The van der Waals surface area contributed by atoms with Gasteiger partial charge in [-0.2, -0.15) is 13.2 Å². The lowest BCUT2D eigenvalue weighted by Gasteiger charge is -2.22.